The second-order valence-electron chi connectivity index (χ2n) is 6.41. The summed E-state index contributed by atoms with van der Waals surface area (Å²) in [4.78, 5) is 9.36. The number of aromatic nitrogens is 2. The Kier molecular flexibility index (Phi) is 4.05. The van der Waals surface area contributed by atoms with Gasteiger partial charge in [-0.3, -0.25) is 0 Å². The van der Waals surface area contributed by atoms with Gasteiger partial charge in [0.2, 0.25) is 5.95 Å². The first-order valence-corrected chi connectivity index (χ1v) is 8.40. The molecule has 1 aromatic carbocycles. The lowest BCUT2D eigenvalue weighted by atomic mass is 10.1. The van der Waals surface area contributed by atoms with Gasteiger partial charge in [0.1, 0.15) is 11.6 Å². The Balaban J connectivity index is 1.64. The van der Waals surface area contributed by atoms with Crippen molar-refractivity contribution in [3.05, 3.63) is 42.3 Å². The van der Waals surface area contributed by atoms with Crippen molar-refractivity contribution in [3.8, 4) is 17.0 Å². The molecule has 1 aliphatic rings. The molecular weight excluding hydrogens is 320 g/mol. The zero-order chi connectivity index (χ0) is 17.4. The number of fused-ring (bicyclic) bond motifs is 1. The predicted molar refractivity (Wildman–Crippen MR) is 95.4 cm³/mol. The number of benzene rings is 1. The Morgan fingerprint density at radius 2 is 2.16 bits per heavy atom. The summed E-state index contributed by atoms with van der Waals surface area (Å²) in [6.45, 7) is 1.59. The molecule has 0 saturated carbocycles. The van der Waals surface area contributed by atoms with Gasteiger partial charge < -0.3 is 19.7 Å². The molecule has 1 aliphatic heterocycles. The van der Waals surface area contributed by atoms with E-state index in [4.69, 9.17) is 4.74 Å². The first-order chi connectivity index (χ1) is 12.1. The largest absolute Gasteiger partial charge is 0.508 e. The molecule has 1 fully saturated rings. The molecule has 0 amide bonds. The smallest absolute Gasteiger partial charge is 0.224 e. The van der Waals surface area contributed by atoms with Crippen LogP contribution in [0.3, 0.4) is 0 Å². The first-order valence-electron chi connectivity index (χ1n) is 8.40. The molecule has 130 valence electrons. The average Bonchev–Trinajstić information content (AvgIpc) is 3.04. The molecular formula is C19H20FN3O2. The van der Waals surface area contributed by atoms with E-state index >= 15 is 0 Å². The van der Waals surface area contributed by atoms with E-state index in [1.807, 2.05) is 12.1 Å². The second-order valence-corrected chi connectivity index (χ2v) is 6.41. The van der Waals surface area contributed by atoms with Crippen LogP contribution in [0.4, 0.5) is 10.2 Å². The minimum Gasteiger partial charge on any atom is -0.508 e. The van der Waals surface area contributed by atoms with E-state index in [0.717, 1.165) is 36.8 Å². The highest BCUT2D eigenvalue weighted by molar-refractivity contribution is 5.86. The molecule has 1 unspecified atom stereocenters. The summed E-state index contributed by atoms with van der Waals surface area (Å²) in [7, 11) is 1.71. The van der Waals surface area contributed by atoms with Crippen molar-refractivity contribution in [1.29, 1.82) is 0 Å². The van der Waals surface area contributed by atoms with Crippen LogP contribution in [0.5, 0.6) is 5.75 Å². The number of aromatic hydroxyl groups is 1. The van der Waals surface area contributed by atoms with Crippen LogP contribution in [0.25, 0.3) is 22.2 Å². The summed E-state index contributed by atoms with van der Waals surface area (Å²) in [5.41, 5.74) is 1.82. The van der Waals surface area contributed by atoms with Gasteiger partial charge in [-0.15, -0.1) is 0 Å². The normalized spacial score (nSPS) is 18.0. The number of ether oxygens (including phenoxy) is 1. The number of piperidine rings is 1. The molecule has 25 heavy (non-hydrogen) atoms. The molecule has 2 N–H and O–H groups in total. The van der Waals surface area contributed by atoms with Gasteiger partial charge in [-0.1, -0.05) is 0 Å². The van der Waals surface area contributed by atoms with Gasteiger partial charge in [-0.2, -0.15) is 4.39 Å². The number of halogens is 1. The Bertz CT molecular complexity index is 909. The van der Waals surface area contributed by atoms with Gasteiger partial charge in [-0.05, 0) is 43.2 Å². The summed E-state index contributed by atoms with van der Waals surface area (Å²) in [5.74, 6) is 0.303. The highest BCUT2D eigenvalue weighted by atomic mass is 18.2. The lowest BCUT2D eigenvalue weighted by Crippen LogP contribution is -2.39. The SMILES string of the molecule is COC1CCCN(c2ccc(-c3cc4ccc(O)cc4[nH]3)c([18F])n2)C1. The van der Waals surface area contributed by atoms with E-state index in [0.29, 0.717) is 17.1 Å². The maximum Gasteiger partial charge on any atom is 0.224 e. The van der Waals surface area contributed by atoms with Crippen molar-refractivity contribution >= 4 is 16.7 Å². The summed E-state index contributed by atoms with van der Waals surface area (Å²) < 4.78 is 20.1. The molecule has 0 radical (unpaired) electrons. The van der Waals surface area contributed by atoms with Crippen molar-refractivity contribution in [2.45, 2.75) is 18.9 Å². The zero-order valence-corrected chi connectivity index (χ0v) is 14.0. The van der Waals surface area contributed by atoms with E-state index in [1.165, 1.54) is 0 Å². The molecule has 3 aromatic rings. The van der Waals surface area contributed by atoms with Gasteiger partial charge in [0.25, 0.3) is 0 Å². The van der Waals surface area contributed by atoms with E-state index in [9.17, 15) is 9.50 Å². The molecule has 0 aliphatic carbocycles. The number of hydrogen-bond donors (Lipinski definition) is 2. The number of phenolic OH excluding ortho intramolecular Hbond substituents is 1. The molecule has 0 bridgehead atoms. The fourth-order valence-corrected chi connectivity index (χ4v) is 3.40. The van der Waals surface area contributed by atoms with Crippen molar-refractivity contribution in [1.82, 2.24) is 9.97 Å². The van der Waals surface area contributed by atoms with E-state index < -0.39 is 5.95 Å². The number of H-pyrrole nitrogens is 1. The van der Waals surface area contributed by atoms with Gasteiger partial charge in [-0.25, -0.2) is 4.98 Å². The Labute approximate surface area is 145 Å². The third-order valence-corrected chi connectivity index (χ3v) is 4.77. The van der Waals surface area contributed by atoms with Gasteiger partial charge in [0, 0.05) is 37.2 Å². The minimum atomic E-state index is -0.507. The van der Waals surface area contributed by atoms with Crippen LogP contribution >= 0.6 is 0 Å². The average molecular weight is 340 g/mol. The number of hydrogen-bond acceptors (Lipinski definition) is 4. The third kappa shape index (κ3) is 3.05. The number of anilines is 1. The fraction of sp³-hybridized carbons (Fsp3) is 0.316. The summed E-state index contributed by atoms with van der Waals surface area (Å²) >= 11 is 0. The van der Waals surface area contributed by atoms with Crippen molar-refractivity contribution in [2.24, 2.45) is 0 Å². The number of methoxy groups -OCH3 is 1. The summed E-state index contributed by atoms with van der Waals surface area (Å²) in [5, 5.41) is 10.5. The molecule has 0 spiro atoms. The van der Waals surface area contributed by atoms with E-state index in [-0.39, 0.29) is 11.9 Å². The maximum absolute atomic E-state index is 14.6. The Morgan fingerprint density at radius 1 is 1.28 bits per heavy atom. The van der Waals surface area contributed by atoms with Gasteiger partial charge in [0.05, 0.1) is 17.4 Å². The predicted octanol–water partition coefficient (Wildman–Crippen LogP) is 3.69. The molecule has 3 heterocycles. The summed E-state index contributed by atoms with van der Waals surface area (Å²) in [6, 6.07) is 10.5. The molecule has 1 saturated heterocycles. The monoisotopic (exact) mass is 340 g/mol. The number of nitrogens with one attached hydrogen (secondary N) is 1. The molecule has 5 nitrogen and oxygen atoms in total. The van der Waals surface area contributed by atoms with Crippen LogP contribution < -0.4 is 4.90 Å². The van der Waals surface area contributed by atoms with Crippen LogP contribution in [-0.2, 0) is 4.74 Å². The number of phenols is 1. The highest BCUT2D eigenvalue weighted by Gasteiger charge is 2.21. The second kappa shape index (κ2) is 6.37. The number of pyridine rings is 1. The minimum absolute atomic E-state index is 0.166. The number of aromatic amines is 1. The zero-order valence-electron chi connectivity index (χ0n) is 14.0. The van der Waals surface area contributed by atoms with E-state index in [1.54, 1.807) is 31.4 Å². The molecule has 6 heteroatoms. The Hall–Kier alpha value is -2.60. The van der Waals surface area contributed by atoms with Crippen LogP contribution in [0.2, 0.25) is 0 Å². The van der Waals surface area contributed by atoms with Crippen LogP contribution in [0, 0.1) is 5.95 Å². The first kappa shape index (κ1) is 15.9. The van der Waals surface area contributed by atoms with Crippen LogP contribution in [-0.4, -0.2) is 41.4 Å². The Morgan fingerprint density at radius 3 is 2.96 bits per heavy atom. The highest BCUT2D eigenvalue weighted by Crippen LogP contribution is 2.29. The number of nitrogens with zero attached hydrogens (tertiary/aromatic N) is 2. The number of rotatable bonds is 3. The van der Waals surface area contributed by atoms with Crippen molar-refractivity contribution < 1.29 is 14.2 Å². The lowest BCUT2D eigenvalue weighted by Gasteiger charge is -2.32. The summed E-state index contributed by atoms with van der Waals surface area (Å²) in [6.07, 6.45) is 2.20. The quantitative estimate of drug-likeness (QED) is 0.714. The van der Waals surface area contributed by atoms with E-state index in [2.05, 4.69) is 14.9 Å². The molecule has 4 rings (SSSR count). The standard InChI is InChI=1S/C19H20FN3O2/c1-25-14-3-2-8-23(11-14)18-7-6-15(19(20)22-18)17-9-12-4-5-13(24)10-16(12)21-17/h4-7,9-10,14,21,24H,2-3,8,11H2,1H3/i20-1. The van der Waals surface area contributed by atoms with Crippen LogP contribution in [0.15, 0.2) is 36.4 Å². The lowest BCUT2D eigenvalue weighted by molar-refractivity contribution is 0.0891. The molecule has 1 atom stereocenters. The van der Waals surface area contributed by atoms with Gasteiger partial charge >= 0.3 is 0 Å². The van der Waals surface area contributed by atoms with Gasteiger partial charge in [0.15, 0.2) is 0 Å². The van der Waals surface area contributed by atoms with Crippen molar-refractivity contribution in [3.63, 3.8) is 0 Å². The third-order valence-electron chi connectivity index (χ3n) is 4.77. The van der Waals surface area contributed by atoms with Crippen LogP contribution in [0.1, 0.15) is 12.8 Å². The maximum atomic E-state index is 14.6. The topological polar surface area (TPSA) is 61.4 Å². The molecule has 2 aromatic heterocycles. The van der Waals surface area contributed by atoms with Crippen molar-refractivity contribution in [2.75, 3.05) is 25.1 Å². The fourth-order valence-electron chi connectivity index (χ4n) is 3.40.